The average Bonchev–Trinajstić information content (AvgIpc) is 2.76. The summed E-state index contributed by atoms with van der Waals surface area (Å²) in [5.41, 5.74) is 1.42. The van der Waals surface area contributed by atoms with Gasteiger partial charge in [0.25, 0.3) is 5.91 Å². The minimum Gasteiger partial charge on any atom is -0.496 e. The minimum atomic E-state index is -0.0960. The number of rotatable bonds is 6. The molecule has 0 aliphatic carbocycles. The Morgan fingerprint density at radius 2 is 1.81 bits per heavy atom. The lowest BCUT2D eigenvalue weighted by Crippen LogP contribution is -2.44. The first-order valence-electron chi connectivity index (χ1n) is 10.5. The monoisotopic (exact) mass is 464 g/mol. The number of carbonyl (C=O) groups excluding carboxylic acids is 1. The Balaban J connectivity index is 1.85. The molecule has 0 unspecified atom stereocenters. The van der Waals surface area contributed by atoms with E-state index in [2.05, 4.69) is 32.8 Å². The van der Waals surface area contributed by atoms with Crippen molar-refractivity contribution < 1.29 is 14.3 Å². The Morgan fingerprint density at radius 3 is 2.39 bits per heavy atom. The molecule has 31 heavy (non-hydrogen) atoms. The summed E-state index contributed by atoms with van der Waals surface area (Å²) in [6.45, 7) is 5.57. The molecule has 5 nitrogen and oxygen atoms in total. The maximum Gasteiger partial charge on any atom is 0.255 e. The number of benzene rings is 2. The van der Waals surface area contributed by atoms with E-state index in [9.17, 15) is 4.79 Å². The zero-order valence-electron chi connectivity index (χ0n) is 18.7. The molecule has 0 aromatic heterocycles. The molecule has 1 amide bonds. The molecular weight excluding hydrogens is 435 g/mol. The summed E-state index contributed by atoms with van der Waals surface area (Å²) >= 11 is 13.0. The van der Waals surface area contributed by atoms with Gasteiger partial charge in [-0.15, -0.1) is 0 Å². The van der Waals surface area contributed by atoms with Crippen LogP contribution >= 0.6 is 23.2 Å². The van der Waals surface area contributed by atoms with E-state index in [1.54, 1.807) is 25.3 Å². The van der Waals surface area contributed by atoms with Crippen molar-refractivity contribution >= 4 is 29.1 Å². The van der Waals surface area contributed by atoms with E-state index in [1.165, 1.54) is 0 Å². The van der Waals surface area contributed by atoms with Gasteiger partial charge in [-0.05, 0) is 63.2 Å². The highest BCUT2D eigenvalue weighted by molar-refractivity contribution is 6.39. The topological polar surface area (TPSA) is 42.0 Å². The highest BCUT2D eigenvalue weighted by Gasteiger charge is 2.27. The fraction of sp³-hybridized carbons (Fsp3) is 0.458. The smallest absolute Gasteiger partial charge is 0.255 e. The number of methoxy groups -OCH3 is 1. The molecule has 7 heteroatoms. The molecule has 1 aliphatic rings. The zero-order chi connectivity index (χ0) is 22.7. The van der Waals surface area contributed by atoms with Crippen LogP contribution in [0.3, 0.4) is 0 Å². The highest BCUT2D eigenvalue weighted by Crippen LogP contribution is 2.40. The molecule has 1 aliphatic heterocycles. The average molecular weight is 465 g/mol. The van der Waals surface area contributed by atoms with E-state index in [-0.39, 0.29) is 22.6 Å². The van der Waals surface area contributed by atoms with Gasteiger partial charge in [-0.25, -0.2) is 0 Å². The Morgan fingerprint density at radius 1 is 1.13 bits per heavy atom. The van der Waals surface area contributed by atoms with Crippen LogP contribution in [0.2, 0.25) is 10.0 Å². The van der Waals surface area contributed by atoms with Gasteiger partial charge in [0, 0.05) is 24.7 Å². The number of piperidine rings is 1. The fourth-order valence-electron chi connectivity index (χ4n) is 3.89. The summed E-state index contributed by atoms with van der Waals surface area (Å²) < 4.78 is 11.5. The van der Waals surface area contributed by atoms with Crippen LogP contribution < -0.4 is 9.47 Å². The Hall–Kier alpha value is -1.95. The third kappa shape index (κ3) is 5.28. The lowest BCUT2D eigenvalue weighted by molar-refractivity contribution is 0.0663. The predicted molar refractivity (Wildman–Crippen MR) is 126 cm³/mol. The standard InChI is InChI=1S/C24H30Cl2N2O3/c1-15(2)19-14-17(6-9-21(19)30-5)31-23-20(25)8-7-18(22(23)26)24(29)28-12-10-16(11-13-28)27(3)4/h6-9,14-16H,10-13H2,1-5H3. The van der Waals surface area contributed by atoms with Crippen molar-refractivity contribution in [1.29, 1.82) is 0 Å². The summed E-state index contributed by atoms with van der Waals surface area (Å²) in [7, 11) is 5.79. The van der Waals surface area contributed by atoms with Crippen molar-refractivity contribution in [2.45, 2.75) is 38.6 Å². The maximum absolute atomic E-state index is 13.2. The molecule has 1 fully saturated rings. The fourth-order valence-corrected chi connectivity index (χ4v) is 4.42. The summed E-state index contributed by atoms with van der Waals surface area (Å²) in [6, 6.07) is 9.40. The molecule has 0 bridgehead atoms. The summed E-state index contributed by atoms with van der Waals surface area (Å²) in [4.78, 5) is 17.2. The molecule has 168 valence electrons. The highest BCUT2D eigenvalue weighted by atomic mass is 35.5. The molecule has 1 saturated heterocycles. The van der Waals surface area contributed by atoms with Gasteiger partial charge in [0.05, 0.1) is 22.7 Å². The van der Waals surface area contributed by atoms with Crippen LogP contribution in [0, 0.1) is 0 Å². The third-order valence-corrected chi connectivity index (χ3v) is 6.48. The Kier molecular flexibility index (Phi) is 7.73. The number of likely N-dealkylation sites (tertiary alicyclic amines) is 1. The SMILES string of the molecule is COc1ccc(Oc2c(Cl)ccc(C(=O)N3CCC(N(C)C)CC3)c2Cl)cc1C(C)C. The number of halogens is 2. The molecule has 0 radical (unpaired) electrons. The number of hydrogen-bond donors (Lipinski definition) is 0. The molecular formula is C24H30Cl2N2O3. The van der Waals surface area contributed by atoms with Gasteiger partial charge in [0.2, 0.25) is 0 Å². The number of carbonyl (C=O) groups is 1. The van der Waals surface area contributed by atoms with Crippen molar-refractivity contribution in [3.63, 3.8) is 0 Å². The van der Waals surface area contributed by atoms with Crippen LogP contribution in [0.5, 0.6) is 17.2 Å². The van der Waals surface area contributed by atoms with E-state index >= 15 is 0 Å². The van der Waals surface area contributed by atoms with Crippen LogP contribution in [0.15, 0.2) is 30.3 Å². The number of hydrogen-bond acceptors (Lipinski definition) is 4. The Bertz CT molecular complexity index is 939. The molecule has 3 rings (SSSR count). The van der Waals surface area contributed by atoms with Crippen molar-refractivity contribution in [3.05, 3.63) is 51.5 Å². The molecule has 2 aromatic carbocycles. The largest absolute Gasteiger partial charge is 0.496 e. The van der Waals surface area contributed by atoms with E-state index in [0.717, 1.165) is 24.2 Å². The van der Waals surface area contributed by atoms with Crippen molar-refractivity contribution in [1.82, 2.24) is 9.80 Å². The van der Waals surface area contributed by atoms with Gasteiger partial charge < -0.3 is 19.3 Å². The zero-order valence-corrected chi connectivity index (χ0v) is 20.3. The quantitative estimate of drug-likeness (QED) is 0.518. The van der Waals surface area contributed by atoms with E-state index < -0.39 is 0 Å². The minimum absolute atomic E-state index is 0.0960. The van der Waals surface area contributed by atoms with Crippen molar-refractivity contribution in [3.8, 4) is 17.2 Å². The van der Waals surface area contributed by atoms with Crippen LogP contribution in [0.25, 0.3) is 0 Å². The number of nitrogens with zero attached hydrogens (tertiary/aromatic N) is 2. The van der Waals surface area contributed by atoms with Crippen LogP contribution in [-0.2, 0) is 0 Å². The lowest BCUT2D eigenvalue weighted by atomic mass is 10.0. The Labute approximate surface area is 194 Å². The third-order valence-electron chi connectivity index (χ3n) is 5.80. The van der Waals surface area contributed by atoms with Gasteiger partial charge in [-0.3, -0.25) is 4.79 Å². The molecule has 0 atom stereocenters. The molecule has 0 spiro atoms. The predicted octanol–water partition coefficient (Wildman–Crippen LogP) is 6.08. The van der Waals surface area contributed by atoms with E-state index in [4.69, 9.17) is 32.7 Å². The summed E-state index contributed by atoms with van der Waals surface area (Å²) in [6.07, 6.45) is 1.88. The lowest BCUT2D eigenvalue weighted by Gasteiger charge is -2.35. The van der Waals surface area contributed by atoms with Crippen LogP contribution in [-0.4, -0.2) is 56.0 Å². The van der Waals surface area contributed by atoms with E-state index in [0.29, 0.717) is 35.5 Å². The number of ether oxygens (including phenoxy) is 2. The van der Waals surface area contributed by atoms with Crippen molar-refractivity contribution in [2.24, 2.45) is 0 Å². The van der Waals surface area contributed by atoms with E-state index in [1.807, 2.05) is 17.0 Å². The molecule has 1 heterocycles. The van der Waals surface area contributed by atoms with Crippen molar-refractivity contribution in [2.75, 3.05) is 34.3 Å². The first-order valence-corrected chi connectivity index (χ1v) is 11.3. The summed E-state index contributed by atoms with van der Waals surface area (Å²) in [5.74, 6) is 1.83. The van der Waals surface area contributed by atoms with Gasteiger partial charge in [0.1, 0.15) is 11.5 Å². The second-order valence-corrected chi connectivity index (χ2v) is 9.17. The van der Waals surface area contributed by atoms with Gasteiger partial charge in [-0.1, -0.05) is 37.0 Å². The van der Waals surface area contributed by atoms with Gasteiger partial charge in [-0.2, -0.15) is 0 Å². The normalized spacial score (nSPS) is 14.9. The van der Waals surface area contributed by atoms with Crippen LogP contribution in [0.1, 0.15) is 48.5 Å². The first-order chi connectivity index (χ1) is 14.7. The maximum atomic E-state index is 13.2. The van der Waals surface area contributed by atoms with Gasteiger partial charge >= 0.3 is 0 Å². The molecule has 0 saturated carbocycles. The second-order valence-electron chi connectivity index (χ2n) is 8.39. The number of amides is 1. The first kappa shape index (κ1) is 23.7. The summed E-state index contributed by atoms with van der Waals surface area (Å²) in [5, 5.41) is 0.587. The van der Waals surface area contributed by atoms with Gasteiger partial charge in [0.15, 0.2) is 5.75 Å². The molecule has 2 aromatic rings. The van der Waals surface area contributed by atoms with Crippen LogP contribution in [0.4, 0.5) is 0 Å². The second kappa shape index (κ2) is 10.1. The molecule has 0 N–H and O–H groups in total.